The van der Waals surface area contributed by atoms with Gasteiger partial charge in [-0.1, -0.05) is 32.1 Å². The number of allylic oxidation sites excluding steroid dienone is 1. The molecule has 1 aliphatic heterocycles. The SMILES string of the molecule is CC=C(C)C(=O)Oc1cc(COC(=O)[C@H](C)CC)ccc1[C@]1(COC(C)=O)CO1. The molecule has 1 aromatic carbocycles. The second-order valence-corrected chi connectivity index (χ2v) is 7.17. The van der Waals surface area contributed by atoms with Crippen molar-refractivity contribution in [2.24, 2.45) is 5.92 Å². The molecule has 0 unspecified atom stereocenters. The zero-order valence-corrected chi connectivity index (χ0v) is 17.6. The minimum absolute atomic E-state index is 0.0256. The second kappa shape index (κ2) is 9.69. The molecule has 1 saturated heterocycles. The van der Waals surface area contributed by atoms with Gasteiger partial charge >= 0.3 is 17.9 Å². The molecule has 7 heteroatoms. The minimum Gasteiger partial charge on any atom is -0.462 e. The highest BCUT2D eigenvalue weighted by Crippen LogP contribution is 2.44. The Morgan fingerprint density at radius 3 is 2.48 bits per heavy atom. The Kier molecular flexibility index (Phi) is 7.56. The molecule has 0 bridgehead atoms. The van der Waals surface area contributed by atoms with Gasteiger partial charge in [0.15, 0.2) is 5.60 Å². The summed E-state index contributed by atoms with van der Waals surface area (Å²) in [4.78, 5) is 35.5. The summed E-state index contributed by atoms with van der Waals surface area (Å²) in [5, 5.41) is 0. The van der Waals surface area contributed by atoms with E-state index >= 15 is 0 Å². The summed E-state index contributed by atoms with van der Waals surface area (Å²) in [7, 11) is 0. The molecule has 0 amide bonds. The smallest absolute Gasteiger partial charge is 0.338 e. The Bertz CT molecular complexity index is 805. The standard InChI is InChI=1S/C22H28O7/c1-6-14(3)20(24)26-11-17-8-9-18(22(13-28-22)12-27-16(5)23)19(10-17)29-21(25)15(4)7-2/h7-10,14H,6,11-13H2,1-5H3/t14-,22+/m1/s1. The minimum atomic E-state index is -0.836. The van der Waals surface area contributed by atoms with Crippen LogP contribution < -0.4 is 4.74 Å². The van der Waals surface area contributed by atoms with Gasteiger partial charge in [-0.3, -0.25) is 9.59 Å². The van der Waals surface area contributed by atoms with E-state index in [0.717, 1.165) is 0 Å². The fourth-order valence-electron chi connectivity index (χ4n) is 2.50. The molecule has 7 nitrogen and oxygen atoms in total. The Balaban J connectivity index is 2.27. The molecular formula is C22H28O7. The number of esters is 3. The summed E-state index contributed by atoms with van der Waals surface area (Å²) in [6, 6.07) is 5.17. The lowest BCUT2D eigenvalue weighted by Gasteiger charge is -2.18. The van der Waals surface area contributed by atoms with Gasteiger partial charge in [0.25, 0.3) is 0 Å². The molecule has 2 rings (SSSR count). The summed E-state index contributed by atoms with van der Waals surface area (Å²) in [5.74, 6) is -1.09. The quantitative estimate of drug-likeness (QED) is 0.269. The first-order chi connectivity index (χ1) is 13.7. The zero-order chi connectivity index (χ0) is 21.6. The molecule has 1 aromatic rings. The van der Waals surface area contributed by atoms with Crippen molar-refractivity contribution in [3.8, 4) is 5.75 Å². The highest BCUT2D eigenvalue weighted by Gasteiger charge is 2.50. The van der Waals surface area contributed by atoms with Crippen molar-refractivity contribution in [1.82, 2.24) is 0 Å². The number of rotatable bonds is 9. The lowest BCUT2D eigenvalue weighted by molar-refractivity contribution is -0.149. The van der Waals surface area contributed by atoms with Crippen LogP contribution in [0.5, 0.6) is 5.75 Å². The van der Waals surface area contributed by atoms with Crippen LogP contribution in [-0.2, 0) is 40.8 Å². The fourth-order valence-corrected chi connectivity index (χ4v) is 2.50. The predicted octanol–water partition coefficient (Wildman–Crippen LogP) is 3.44. The molecule has 1 heterocycles. The Morgan fingerprint density at radius 2 is 1.93 bits per heavy atom. The zero-order valence-electron chi connectivity index (χ0n) is 17.6. The van der Waals surface area contributed by atoms with Crippen molar-refractivity contribution in [2.75, 3.05) is 13.2 Å². The Hall–Kier alpha value is -2.67. The number of ether oxygens (including phenoxy) is 4. The maximum absolute atomic E-state index is 12.3. The van der Waals surface area contributed by atoms with Gasteiger partial charge in [-0.25, -0.2) is 4.79 Å². The summed E-state index contributed by atoms with van der Waals surface area (Å²) < 4.78 is 21.6. The molecule has 0 spiro atoms. The molecule has 29 heavy (non-hydrogen) atoms. The van der Waals surface area contributed by atoms with E-state index in [4.69, 9.17) is 18.9 Å². The third-order valence-corrected chi connectivity index (χ3v) is 4.89. The molecule has 0 N–H and O–H groups in total. The highest BCUT2D eigenvalue weighted by atomic mass is 16.6. The first kappa shape index (κ1) is 22.6. The molecule has 2 atom stereocenters. The van der Waals surface area contributed by atoms with Crippen molar-refractivity contribution in [2.45, 2.75) is 53.2 Å². The number of carbonyl (C=O) groups is 3. The van der Waals surface area contributed by atoms with Crippen LogP contribution in [0.15, 0.2) is 29.8 Å². The van der Waals surface area contributed by atoms with Crippen LogP contribution >= 0.6 is 0 Å². The third kappa shape index (κ3) is 5.90. The van der Waals surface area contributed by atoms with Crippen molar-refractivity contribution in [1.29, 1.82) is 0 Å². The van der Waals surface area contributed by atoms with Crippen LogP contribution in [0.2, 0.25) is 0 Å². The lowest BCUT2D eigenvalue weighted by Crippen LogP contribution is -2.22. The van der Waals surface area contributed by atoms with Crippen molar-refractivity contribution < 1.29 is 33.3 Å². The van der Waals surface area contributed by atoms with E-state index in [1.165, 1.54) is 6.92 Å². The van der Waals surface area contributed by atoms with Crippen molar-refractivity contribution >= 4 is 17.9 Å². The van der Waals surface area contributed by atoms with Crippen LogP contribution in [0.4, 0.5) is 0 Å². The number of hydrogen-bond donors (Lipinski definition) is 0. The second-order valence-electron chi connectivity index (χ2n) is 7.17. The third-order valence-electron chi connectivity index (χ3n) is 4.89. The average Bonchev–Trinajstić information content (AvgIpc) is 3.50. The van der Waals surface area contributed by atoms with Crippen LogP contribution in [0.25, 0.3) is 0 Å². The fraction of sp³-hybridized carbons (Fsp3) is 0.500. The first-order valence-corrected chi connectivity index (χ1v) is 9.65. The summed E-state index contributed by atoms with van der Waals surface area (Å²) in [6.07, 6.45) is 2.35. The predicted molar refractivity (Wildman–Crippen MR) is 105 cm³/mol. The van der Waals surface area contributed by atoms with E-state index < -0.39 is 17.5 Å². The van der Waals surface area contributed by atoms with Gasteiger partial charge in [-0.2, -0.15) is 0 Å². The molecule has 0 radical (unpaired) electrons. The number of carbonyl (C=O) groups excluding carboxylic acids is 3. The van der Waals surface area contributed by atoms with Crippen LogP contribution in [0.3, 0.4) is 0 Å². The van der Waals surface area contributed by atoms with Crippen LogP contribution in [0.1, 0.15) is 52.2 Å². The van der Waals surface area contributed by atoms with Crippen molar-refractivity contribution in [3.05, 3.63) is 41.0 Å². The van der Waals surface area contributed by atoms with Gasteiger partial charge in [-0.15, -0.1) is 0 Å². The van der Waals surface area contributed by atoms with Gasteiger partial charge in [0.1, 0.15) is 19.0 Å². The van der Waals surface area contributed by atoms with Gasteiger partial charge < -0.3 is 18.9 Å². The van der Waals surface area contributed by atoms with E-state index in [-0.39, 0.29) is 30.9 Å². The van der Waals surface area contributed by atoms with E-state index in [2.05, 4.69) is 0 Å². The maximum atomic E-state index is 12.3. The molecule has 158 valence electrons. The van der Waals surface area contributed by atoms with Crippen LogP contribution in [-0.4, -0.2) is 31.1 Å². The maximum Gasteiger partial charge on any atom is 0.338 e. The van der Waals surface area contributed by atoms with E-state index in [1.807, 2.05) is 13.8 Å². The van der Waals surface area contributed by atoms with E-state index in [1.54, 1.807) is 38.1 Å². The molecule has 0 aliphatic carbocycles. The molecular weight excluding hydrogens is 376 g/mol. The summed E-state index contributed by atoms with van der Waals surface area (Å²) in [5.41, 5.74) is 0.898. The van der Waals surface area contributed by atoms with Gasteiger partial charge in [0.2, 0.25) is 0 Å². The normalized spacial score (nSPS) is 19.3. The molecule has 1 aliphatic rings. The monoisotopic (exact) mass is 404 g/mol. The molecule has 1 fully saturated rings. The summed E-state index contributed by atoms with van der Waals surface area (Å²) >= 11 is 0. The van der Waals surface area contributed by atoms with Crippen LogP contribution in [0, 0.1) is 5.92 Å². The lowest BCUT2D eigenvalue weighted by atomic mass is 9.98. The van der Waals surface area contributed by atoms with Gasteiger partial charge in [0, 0.05) is 18.1 Å². The number of hydrogen-bond acceptors (Lipinski definition) is 7. The van der Waals surface area contributed by atoms with Crippen molar-refractivity contribution in [3.63, 3.8) is 0 Å². The number of epoxide rings is 1. The van der Waals surface area contributed by atoms with E-state index in [0.29, 0.717) is 29.7 Å². The summed E-state index contributed by atoms with van der Waals surface area (Å²) in [6.45, 7) is 8.88. The Morgan fingerprint density at radius 1 is 1.24 bits per heavy atom. The Labute approximate surface area is 171 Å². The largest absolute Gasteiger partial charge is 0.462 e. The molecule has 0 aromatic heterocycles. The topological polar surface area (TPSA) is 91.4 Å². The highest BCUT2D eigenvalue weighted by molar-refractivity contribution is 5.89. The number of benzene rings is 1. The molecule has 0 saturated carbocycles. The first-order valence-electron chi connectivity index (χ1n) is 9.65. The van der Waals surface area contributed by atoms with Gasteiger partial charge in [-0.05, 0) is 31.9 Å². The van der Waals surface area contributed by atoms with Gasteiger partial charge in [0.05, 0.1) is 12.5 Å². The van der Waals surface area contributed by atoms with E-state index in [9.17, 15) is 14.4 Å². The average molecular weight is 404 g/mol.